The summed E-state index contributed by atoms with van der Waals surface area (Å²) in [5.74, 6) is 1.46. The highest BCUT2D eigenvalue weighted by molar-refractivity contribution is 5.87. The van der Waals surface area contributed by atoms with E-state index in [2.05, 4.69) is 44.5 Å². The number of imidazole rings is 1. The maximum absolute atomic E-state index is 9.32. The summed E-state index contributed by atoms with van der Waals surface area (Å²) in [5.41, 5.74) is 6.58. The van der Waals surface area contributed by atoms with Gasteiger partial charge in [-0.1, -0.05) is 12.1 Å². The van der Waals surface area contributed by atoms with Gasteiger partial charge >= 0.3 is 0 Å². The number of H-pyrrole nitrogens is 1. The molecule has 0 unspecified atom stereocenters. The Bertz CT molecular complexity index is 1520. The molecule has 0 radical (unpaired) electrons. The standard InChI is InChI=1S/C27H28N6O3/c1-35-25-15-20(3-5-24(25)32-9-12-36-13-10-32)30-26-27-28-7-8-33(27)17-23(31-26)18-2-4-21-19(6-11-34)16-29-22(21)14-18/h2-5,7-8,14-17,29,34H,6,9-13H2,1H3,(H,30,31). The molecule has 4 heterocycles. The lowest BCUT2D eigenvalue weighted by Gasteiger charge is -2.30. The SMILES string of the molecule is COc1cc(Nc2nc(-c3ccc4c(CCO)c[nH]c4c3)cn3ccnc23)ccc1N1CCOCC1. The van der Waals surface area contributed by atoms with Crippen molar-refractivity contribution in [2.24, 2.45) is 0 Å². The van der Waals surface area contributed by atoms with E-state index in [0.717, 1.165) is 76.8 Å². The molecule has 5 aromatic rings. The van der Waals surface area contributed by atoms with Crippen LogP contribution < -0.4 is 15.0 Å². The van der Waals surface area contributed by atoms with Crippen molar-refractivity contribution < 1.29 is 14.6 Å². The minimum atomic E-state index is 0.126. The van der Waals surface area contributed by atoms with E-state index in [1.54, 1.807) is 13.3 Å². The number of methoxy groups -OCH3 is 1. The second-order valence-electron chi connectivity index (χ2n) is 8.79. The van der Waals surface area contributed by atoms with Crippen molar-refractivity contribution >= 4 is 33.7 Å². The number of aliphatic hydroxyl groups is 1. The summed E-state index contributed by atoms with van der Waals surface area (Å²) in [7, 11) is 1.69. The largest absolute Gasteiger partial charge is 0.495 e. The van der Waals surface area contributed by atoms with Crippen LogP contribution in [-0.4, -0.2) is 64.5 Å². The number of benzene rings is 2. The zero-order valence-corrected chi connectivity index (χ0v) is 20.1. The molecule has 0 amide bonds. The topological polar surface area (TPSA) is 99.9 Å². The number of aliphatic hydroxyl groups excluding tert-OH is 1. The minimum absolute atomic E-state index is 0.126. The number of morpholine rings is 1. The molecular weight excluding hydrogens is 456 g/mol. The zero-order valence-electron chi connectivity index (χ0n) is 20.1. The lowest BCUT2D eigenvalue weighted by Crippen LogP contribution is -2.36. The first kappa shape index (κ1) is 22.4. The summed E-state index contributed by atoms with van der Waals surface area (Å²) < 4.78 is 13.2. The average molecular weight is 485 g/mol. The Morgan fingerprint density at radius 1 is 1.17 bits per heavy atom. The molecule has 184 valence electrons. The smallest absolute Gasteiger partial charge is 0.180 e. The fourth-order valence-electron chi connectivity index (χ4n) is 4.79. The highest BCUT2D eigenvalue weighted by atomic mass is 16.5. The summed E-state index contributed by atoms with van der Waals surface area (Å²) in [5, 5.41) is 13.9. The minimum Gasteiger partial charge on any atom is -0.495 e. The molecule has 1 aliphatic rings. The van der Waals surface area contributed by atoms with E-state index < -0.39 is 0 Å². The zero-order chi connectivity index (χ0) is 24.5. The highest BCUT2D eigenvalue weighted by Gasteiger charge is 2.17. The Hall–Kier alpha value is -4.08. The molecule has 36 heavy (non-hydrogen) atoms. The van der Waals surface area contributed by atoms with Crippen molar-refractivity contribution in [2.75, 3.05) is 50.2 Å². The molecule has 3 N–H and O–H groups in total. The molecule has 1 fully saturated rings. The summed E-state index contributed by atoms with van der Waals surface area (Å²) in [6, 6.07) is 12.3. The van der Waals surface area contributed by atoms with E-state index >= 15 is 0 Å². The van der Waals surface area contributed by atoms with E-state index in [1.165, 1.54) is 0 Å². The van der Waals surface area contributed by atoms with Gasteiger partial charge < -0.3 is 34.2 Å². The lowest BCUT2D eigenvalue weighted by molar-refractivity contribution is 0.122. The van der Waals surface area contributed by atoms with Crippen LogP contribution in [0.3, 0.4) is 0 Å². The van der Waals surface area contributed by atoms with Crippen molar-refractivity contribution in [2.45, 2.75) is 6.42 Å². The van der Waals surface area contributed by atoms with Crippen LogP contribution in [0.4, 0.5) is 17.2 Å². The van der Waals surface area contributed by atoms with Gasteiger partial charge in [-0.15, -0.1) is 0 Å². The van der Waals surface area contributed by atoms with Gasteiger partial charge in [-0.3, -0.25) is 0 Å². The van der Waals surface area contributed by atoms with E-state index in [0.29, 0.717) is 12.2 Å². The predicted octanol–water partition coefficient (Wildman–Crippen LogP) is 4.00. The van der Waals surface area contributed by atoms with Crippen molar-refractivity contribution in [3.05, 3.63) is 66.7 Å². The van der Waals surface area contributed by atoms with E-state index in [4.69, 9.17) is 14.5 Å². The van der Waals surface area contributed by atoms with Crippen LogP contribution in [0.2, 0.25) is 0 Å². The predicted molar refractivity (Wildman–Crippen MR) is 140 cm³/mol. The van der Waals surface area contributed by atoms with Crippen molar-refractivity contribution in [3.63, 3.8) is 0 Å². The fourth-order valence-corrected chi connectivity index (χ4v) is 4.79. The molecule has 2 aromatic carbocycles. The summed E-state index contributed by atoms with van der Waals surface area (Å²) in [4.78, 5) is 15.0. The monoisotopic (exact) mass is 484 g/mol. The van der Waals surface area contributed by atoms with Gasteiger partial charge in [0.05, 0.1) is 31.7 Å². The van der Waals surface area contributed by atoms with Gasteiger partial charge in [-0.25, -0.2) is 9.97 Å². The number of fused-ring (bicyclic) bond motifs is 2. The number of hydrogen-bond donors (Lipinski definition) is 3. The number of nitrogens with one attached hydrogen (secondary N) is 2. The second kappa shape index (κ2) is 9.52. The number of rotatable bonds is 7. The van der Waals surface area contributed by atoms with Gasteiger partial charge in [0.15, 0.2) is 11.5 Å². The highest BCUT2D eigenvalue weighted by Crippen LogP contribution is 2.34. The number of nitrogens with zero attached hydrogens (tertiary/aromatic N) is 4. The van der Waals surface area contributed by atoms with Crippen LogP contribution in [0, 0.1) is 0 Å². The summed E-state index contributed by atoms with van der Waals surface area (Å²) >= 11 is 0. The molecule has 9 nitrogen and oxygen atoms in total. The number of aromatic amines is 1. The molecule has 3 aromatic heterocycles. The molecule has 0 bridgehead atoms. The van der Waals surface area contributed by atoms with Gasteiger partial charge in [0, 0.05) is 72.7 Å². The number of aromatic nitrogens is 4. The Balaban J connectivity index is 1.35. The molecule has 1 saturated heterocycles. The second-order valence-corrected chi connectivity index (χ2v) is 8.79. The van der Waals surface area contributed by atoms with Gasteiger partial charge in [0.2, 0.25) is 0 Å². The van der Waals surface area contributed by atoms with Gasteiger partial charge in [-0.05, 0) is 30.2 Å². The molecule has 9 heteroatoms. The van der Waals surface area contributed by atoms with Gasteiger partial charge in [0.25, 0.3) is 0 Å². The van der Waals surface area contributed by atoms with Crippen LogP contribution in [-0.2, 0) is 11.2 Å². The Labute approximate surface area is 208 Å². The average Bonchev–Trinajstić information content (AvgIpc) is 3.56. The quantitative estimate of drug-likeness (QED) is 0.321. The molecule has 0 atom stereocenters. The molecule has 0 spiro atoms. The normalized spacial score (nSPS) is 14.0. The van der Waals surface area contributed by atoms with Crippen LogP contribution >= 0.6 is 0 Å². The molecule has 0 saturated carbocycles. The van der Waals surface area contributed by atoms with Crippen molar-refractivity contribution in [1.82, 2.24) is 19.4 Å². The number of anilines is 3. The van der Waals surface area contributed by atoms with Crippen molar-refractivity contribution in [3.8, 4) is 17.0 Å². The molecular formula is C27H28N6O3. The Morgan fingerprint density at radius 2 is 2.06 bits per heavy atom. The maximum atomic E-state index is 9.32. The van der Waals surface area contributed by atoms with E-state index in [-0.39, 0.29) is 6.61 Å². The number of hydrogen-bond acceptors (Lipinski definition) is 7. The first-order valence-corrected chi connectivity index (χ1v) is 12.1. The van der Waals surface area contributed by atoms with Gasteiger partial charge in [-0.2, -0.15) is 0 Å². The first-order chi connectivity index (χ1) is 17.7. The van der Waals surface area contributed by atoms with Crippen LogP contribution in [0.15, 0.2) is 61.2 Å². The Kier molecular flexibility index (Phi) is 5.92. The molecule has 0 aliphatic carbocycles. The maximum Gasteiger partial charge on any atom is 0.180 e. The van der Waals surface area contributed by atoms with Crippen LogP contribution in [0.5, 0.6) is 5.75 Å². The summed E-state index contributed by atoms with van der Waals surface area (Å²) in [6.45, 7) is 3.24. The molecule has 1 aliphatic heterocycles. The van der Waals surface area contributed by atoms with Crippen LogP contribution in [0.1, 0.15) is 5.56 Å². The third-order valence-electron chi connectivity index (χ3n) is 6.61. The van der Waals surface area contributed by atoms with Crippen molar-refractivity contribution in [1.29, 1.82) is 0 Å². The Morgan fingerprint density at radius 3 is 2.89 bits per heavy atom. The van der Waals surface area contributed by atoms with E-state index in [1.807, 2.05) is 35.1 Å². The first-order valence-electron chi connectivity index (χ1n) is 12.1. The van der Waals surface area contributed by atoms with Crippen LogP contribution in [0.25, 0.3) is 27.8 Å². The van der Waals surface area contributed by atoms with E-state index in [9.17, 15) is 5.11 Å². The number of ether oxygens (including phenoxy) is 2. The third kappa shape index (κ3) is 4.12. The fraction of sp³-hybridized carbons (Fsp3) is 0.259. The lowest BCUT2D eigenvalue weighted by atomic mass is 10.1. The molecule has 6 rings (SSSR count). The summed E-state index contributed by atoms with van der Waals surface area (Å²) in [6.07, 6.45) is 8.25. The van der Waals surface area contributed by atoms with Gasteiger partial charge in [0.1, 0.15) is 5.75 Å². The third-order valence-corrected chi connectivity index (χ3v) is 6.61.